The third-order valence-electron chi connectivity index (χ3n) is 1.86. The van der Waals surface area contributed by atoms with Crippen LogP contribution in [0.3, 0.4) is 0 Å². The van der Waals surface area contributed by atoms with E-state index < -0.39 is 6.09 Å². The Kier molecular flexibility index (Phi) is 6.41. The van der Waals surface area contributed by atoms with Gasteiger partial charge in [0.25, 0.3) is 0 Å². The lowest BCUT2D eigenvalue weighted by molar-refractivity contribution is 0.197. The zero-order valence-electron chi connectivity index (χ0n) is 9.87. The van der Waals surface area contributed by atoms with Gasteiger partial charge in [0.05, 0.1) is 0 Å². The second kappa shape index (κ2) is 7.00. The normalized spacial score (nSPS) is 9.00. The molecule has 90 valence electrons. The summed E-state index contributed by atoms with van der Waals surface area (Å²) in [5.41, 5.74) is 2.30. The Balaban J connectivity index is 0.000000385. The molecule has 0 saturated heterocycles. The van der Waals surface area contributed by atoms with Crippen molar-refractivity contribution in [1.82, 2.24) is 5.32 Å². The summed E-state index contributed by atoms with van der Waals surface area (Å²) >= 11 is 1.72. The Morgan fingerprint density at radius 1 is 1.31 bits per heavy atom. The number of nitrogens with one attached hydrogen (secondary N) is 1. The van der Waals surface area contributed by atoms with Crippen LogP contribution in [0.2, 0.25) is 0 Å². The lowest BCUT2D eigenvalue weighted by Crippen LogP contribution is -2.13. The predicted octanol–water partition coefficient (Wildman–Crippen LogP) is 2.61. The van der Waals surface area contributed by atoms with Gasteiger partial charge in [-0.1, -0.05) is 0 Å². The maximum Gasteiger partial charge on any atom is 0.404 e. The first kappa shape index (κ1) is 14.6. The number of aromatic hydroxyl groups is 1. The summed E-state index contributed by atoms with van der Waals surface area (Å²) in [4.78, 5) is 10.5. The molecule has 0 radical (unpaired) electrons. The molecule has 0 aromatic heterocycles. The van der Waals surface area contributed by atoms with Crippen LogP contribution < -0.4 is 5.32 Å². The van der Waals surface area contributed by atoms with Gasteiger partial charge in [-0.05, 0) is 43.4 Å². The zero-order valence-corrected chi connectivity index (χ0v) is 10.7. The second-order valence-corrected chi connectivity index (χ2v) is 3.98. The number of carbonyl (C=O) groups is 1. The van der Waals surface area contributed by atoms with Crippen LogP contribution in [0.5, 0.6) is 5.75 Å². The highest BCUT2D eigenvalue weighted by Gasteiger charge is 2.01. The number of carboxylic acid groups (broad SMARTS) is 1. The van der Waals surface area contributed by atoms with Crippen LogP contribution in [0.4, 0.5) is 4.79 Å². The van der Waals surface area contributed by atoms with Crippen LogP contribution in [-0.4, -0.2) is 29.6 Å². The maximum absolute atomic E-state index is 9.26. The summed E-state index contributed by atoms with van der Waals surface area (Å²) in [6, 6.07) is 3.58. The van der Waals surface area contributed by atoms with Crippen LogP contribution in [0, 0.1) is 13.8 Å². The molecular formula is C11H17NO3S. The lowest BCUT2D eigenvalue weighted by atomic mass is 10.1. The monoisotopic (exact) mass is 243 g/mol. The summed E-state index contributed by atoms with van der Waals surface area (Å²) in [5, 5.41) is 18.8. The van der Waals surface area contributed by atoms with Gasteiger partial charge in [0, 0.05) is 11.9 Å². The van der Waals surface area contributed by atoms with E-state index in [4.69, 9.17) is 5.11 Å². The first-order valence-electron chi connectivity index (χ1n) is 4.67. The third-order valence-corrected chi connectivity index (χ3v) is 2.92. The minimum Gasteiger partial charge on any atom is -0.508 e. The van der Waals surface area contributed by atoms with Crippen molar-refractivity contribution in [3.8, 4) is 5.75 Å². The van der Waals surface area contributed by atoms with E-state index in [1.165, 1.54) is 11.9 Å². The number of rotatable bonds is 1. The molecule has 3 N–H and O–H groups in total. The number of amides is 1. The van der Waals surface area contributed by atoms with Gasteiger partial charge in [-0.2, -0.15) is 0 Å². The predicted molar refractivity (Wildman–Crippen MR) is 66.4 cm³/mol. The van der Waals surface area contributed by atoms with E-state index in [0.29, 0.717) is 5.75 Å². The number of phenols is 1. The van der Waals surface area contributed by atoms with Crippen molar-refractivity contribution in [2.45, 2.75) is 18.7 Å². The van der Waals surface area contributed by atoms with Crippen LogP contribution in [0.15, 0.2) is 17.0 Å². The smallest absolute Gasteiger partial charge is 0.404 e. The van der Waals surface area contributed by atoms with Gasteiger partial charge in [-0.25, -0.2) is 4.79 Å². The third kappa shape index (κ3) is 4.93. The van der Waals surface area contributed by atoms with Gasteiger partial charge in [-0.15, -0.1) is 11.8 Å². The SMILES string of the molecule is CNC(=O)O.CSc1c(C)cc(O)cc1C. The highest BCUT2D eigenvalue weighted by atomic mass is 32.2. The highest BCUT2D eigenvalue weighted by Crippen LogP contribution is 2.27. The van der Waals surface area contributed by atoms with Gasteiger partial charge < -0.3 is 15.5 Å². The van der Waals surface area contributed by atoms with Gasteiger partial charge in [0.15, 0.2) is 0 Å². The van der Waals surface area contributed by atoms with Crippen LogP contribution in [-0.2, 0) is 0 Å². The number of phenolic OH excluding ortho intramolecular Hbond substituents is 1. The first-order valence-corrected chi connectivity index (χ1v) is 5.89. The van der Waals surface area contributed by atoms with Crippen LogP contribution in [0.25, 0.3) is 0 Å². The Morgan fingerprint density at radius 2 is 1.69 bits per heavy atom. The van der Waals surface area contributed by atoms with Gasteiger partial charge in [0.1, 0.15) is 5.75 Å². The van der Waals surface area contributed by atoms with Crippen molar-refractivity contribution in [1.29, 1.82) is 0 Å². The van der Waals surface area contributed by atoms with Gasteiger partial charge in [0.2, 0.25) is 0 Å². The molecule has 0 fully saturated rings. The zero-order chi connectivity index (χ0) is 12.7. The van der Waals surface area contributed by atoms with Crippen molar-refractivity contribution in [2.75, 3.05) is 13.3 Å². The van der Waals surface area contributed by atoms with E-state index in [0.717, 1.165) is 11.1 Å². The number of benzene rings is 1. The summed E-state index contributed by atoms with van der Waals surface area (Å²) < 4.78 is 0. The molecular weight excluding hydrogens is 226 g/mol. The molecule has 1 aromatic carbocycles. The fraction of sp³-hybridized carbons (Fsp3) is 0.364. The highest BCUT2D eigenvalue weighted by molar-refractivity contribution is 7.98. The van der Waals surface area contributed by atoms with E-state index in [1.54, 1.807) is 23.9 Å². The van der Waals surface area contributed by atoms with Gasteiger partial charge >= 0.3 is 6.09 Å². The minimum atomic E-state index is -0.995. The lowest BCUT2D eigenvalue weighted by Gasteiger charge is -2.06. The number of hydrogen-bond acceptors (Lipinski definition) is 3. The molecule has 4 nitrogen and oxygen atoms in total. The molecule has 1 amide bonds. The number of hydrogen-bond donors (Lipinski definition) is 3. The molecule has 1 aromatic rings. The first-order chi connectivity index (χ1) is 7.42. The quantitative estimate of drug-likeness (QED) is 0.663. The molecule has 0 aliphatic rings. The summed E-state index contributed by atoms with van der Waals surface area (Å²) in [6.45, 7) is 4.02. The fourth-order valence-electron chi connectivity index (χ4n) is 1.25. The molecule has 0 heterocycles. The standard InChI is InChI=1S/C9H12OS.C2H5NO2/c1-6-4-8(10)5-7(2)9(6)11-3;1-3-2(4)5/h4-5,10H,1-3H3;3H,1H3,(H,4,5). The minimum absolute atomic E-state index is 0.359. The second-order valence-electron chi connectivity index (χ2n) is 3.17. The molecule has 0 saturated carbocycles. The Morgan fingerprint density at radius 3 is 1.94 bits per heavy atom. The van der Waals surface area contributed by atoms with Crippen molar-refractivity contribution < 1.29 is 15.0 Å². The molecule has 1 rings (SSSR count). The van der Waals surface area contributed by atoms with E-state index in [9.17, 15) is 9.90 Å². The molecule has 0 atom stereocenters. The average molecular weight is 243 g/mol. The Labute approximate surface area is 99.7 Å². The van der Waals surface area contributed by atoms with Crippen molar-refractivity contribution in [2.24, 2.45) is 0 Å². The van der Waals surface area contributed by atoms with Crippen molar-refractivity contribution in [3.05, 3.63) is 23.3 Å². The molecule has 0 bridgehead atoms. The molecule has 16 heavy (non-hydrogen) atoms. The van der Waals surface area contributed by atoms with Crippen molar-refractivity contribution in [3.63, 3.8) is 0 Å². The summed E-state index contributed by atoms with van der Waals surface area (Å²) in [6.07, 6.45) is 1.05. The maximum atomic E-state index is 9.26. The van der Waals surface area contributed by atoms with Crippen LogP contribution in [0.1, 0.15) is 11.1 Å². The average Bonchev–Trinajstić information content (AvgIpc) is 2.17. The van der Waals surface area contributed by atoms with Crippen LogP contribution >= 0.6 is 11.8 Å². The van der Waals surface area contributed by atoms with E-state index >= 15 is 0 Å². The molecule has 0 spiro atoms. The molecule has 0 unspecified atom stereocenters. The molecule has 5 heteroatoms. The van der Waals surface area contributed by atoms with Crippen molar-refractivity contribution >= 4 is 17.9 Å². The van der Waals surface area contributed by atoms with E-state index in [-0.39, 0.29) is 0 Å². The number of aryl methyl sites for hydroxylation is 2. The number of thioether (sulfide) groups is 1. The van der Waals surface area contributed by atoms with E-state index in [2.05, 4.69) is 0 Å². The topological polar surface area (TPSA) is 69.6 Å². The Bertz CT molecular complexity index is 343. The fourth-order valence-corrected chi connectivity index (χ4v) is 2.01. The molecule has 0 aliphatic heterocycles. The largest absolute Gasteiger partial charge is 0.508 e. The van der Waals surface area contributed by atoms with E-state index in [1.807, 2.05) is 25.4 Å². The van der Waals surface area contributed by atoms with Gasteiger partial charge in [-0.3, -0.25) is 0 Å². The summed E-state index contributed by atoms with van der Waals surface area (Å²) in [5.74, 6) is 0.359. The summed E-state index contributed by atoms with van der Waals surface area (Å²) in [7, 11) is 1.35. The Hall–Kier alpha value is -1.36. The molecule has 0 aliphatic carbocycles.